The van der Waals surface area contributed by atoms with E-state index in [0.717, 1.165) is 0 Å². The number of hydrogen-bond donors (Lipinski definition) is 2. The van der Waals surface area contributed by atoms with Crippen LogP contribution in [0.15, 0.2) is 40.6 Å². The fourth-order valence-corrected chi connectivity index (χ4v) is 3.63. The summed E-state index contributed by atoms with van der Waals surface area (Å²) in [6.45, 7) is 0. The first-order valence-electron chi connectivity index (χ1n) is 5.00. The second-order valence-electron chi connectivity index (χ2n) is 3.54. The van der Waals surface area contributed by atoms with Gasteiger partial charge in [-0.2, -0.15) is 0 Å². The van der Waals surface area contributed by atoms with Crippen molar-refractivity contribution in [1.82, 2.24) is 0 Å². The van der Waals surface area contributed by atoms with Gasteiger partial charge < -0.3 is 5.11 Å². The lowest BCUT2D eigenvalue weighted by molar-refractivity contribution is 0.0702. The van der Waals surface area contributed by atoms with E-state index in [2.05, 4.69) is 4.72 Å². The molecule has 0 radical (unpaired) electrons. The SMILES string of the molecule is O=C(O)c1ccc(S(=O)(=O)Nc2ccc(Cl)cc2)s1. The van der Waals surface area contributed by atoms with Gasteiger partial charge in [0.1, 0.15) is 9.09 Å². The molecule has 0 unspecified atom stereocenters. The summed E-state index contributed by atoms with van der Waals surface area (Å²) in [5, 5.41) is 9.26. The molecule has 100 valence electrons. The van der Waals surface area contributed by atoms with E-state index < -0.39 is 16.0 Å². The minimum absolute atomic E-state index is 0.0310. The van der Waals surface area contributed by atoms with Crippen molar-refractivity contribution in [2.45, 2.75) is 4.21 Å². The third kappa shape index (κ3) is 3.25. The van der Waals surface area contributed by atoms with Crippen LogP contribution in [0.5, 0.6) is 0 Å². The normalized spacial score (nSPS) is 11.2. The van der Waals surface area contributed by atoms with Crippen LogP contribution in [0.4, 0.5) is 5.69 Å². The van der Waals surface area contributed by atoms with E-state index in [-0.39, 0.29) is 9.09 Å². The van der Waals surface area contributed by atoms with Gasteiger partial charge in [0, 0.05) is 10.7 Å². The van der Waals surface area contributed by atoms with E-state index in [0.29, 0.717) is 22.0 Å². The average molecular weight is 318 g/mol. The van der Waals surface area contributed by atoms with Crippen LogP contribution >= 0.6 is 22.9 Å². The van der Waals surface area contributed by atoms with Gasteiger partial charge in [-0.05, 0) is 36.4 Å². The molecule has 5 nitrogen and oxygen atoms in total. The lowest BCUT2D eigenvalue weighted by atomic mass is 10.3. The summed E-state index contributed by atoms with van der Waals surface area (Å²) < 4.78 is 26.3. The maximum Gasteiger partial charge on any atom is 0.345 e. The molecular weight excluding hydrogens is 310 g/mol. The first-order valence-corrected chi connectivity index (χ1v) is 7.68. The van der Waals surface area contributed by atoms with Crippen molar-refractivity contribution in [1.29, 1.82) is 0 Å². The number of nitrogens with one attached hydrogen (secondary N) is 1. The quantitative estimate of drug-likeness (QED) is 0.908. The number of halogens is 1. The monoisotopic (exact) mass is 317 g/mol. The molecule has 0 fully saturated rings. The number of aromatic carboxylic acids is 1. The lowest BCUT2D eigenvalue weighted by Crippen LogP contribution is -2.11. The zero-order valence-electron chi connectivity index (χ0n) is 9.33. The van der Waals surface area contributed by atoms with Crippen LogP contribution in [0.3, 0.4) is 0 Å². The molecule has 0 aliphatic rings. The molecule has 2 aromatic rings. The number of carboxylic acid groups (broad SMARTS) is 1. The maximum atomic E-state index is 12.0. The Bertz CT molecular complexity index is 707. The summed E-state index contributed by atoms with van der Waals surface area (Å²) in [5.74, 6) is -1.15. The van der Waals surface area contributed by atoms with Crippen molar-refractivity contribution in [3.05, 3.63) is 46.3 Å². The molecule has 0 saturated heterocycles. The summed E-state index contributed by atoms with van der Waals surface area (Å²) in [6.07, 6.45) is 0. The van der Waals surface area contributed by atoms with Crippen LogP contribution in [-0.2, 0) is 10.0 Å². The van der Waals surface area contributed by atoms with Gasteiger partial charge in [0.05, 0.1) is 0 Å². The molecule has 0 bridgehead atoms. The van der Waals surface area contributed by atoms with Crippen molar-refractivity contribution >= 4 is 44.6 Å². The Morgan fingerprint density at radius 1 is 1.16 bits per heavy atom. The lowest BCUT2D eigenvalue weighted by Gasteiger charge is -2.05. The second kappa shape index (κ2) is 5.20. The molecule has 2 N–H and O–H groups in total. The van der Waals surface area contributed by atoms with E-state index in [1.165, 1.54) is 24.3 Å². The highest BCUT2D eigenvalue weighted by atomic mass is 35.5. The predicted molar refractivity (Wildman–Crippen MR) is 73.5 cm³/mol. The van der Waals surface area contributed by atoms with Gasteiger partial charge in [0.25, 0.3) is 10.0 Å². The number of sulfonamides is 1. The minimum Gasteiger partial charge on any atom is -0.477 e. The van der Waals surface area contributed by atoms with Crippen LogP contribution in [0, 0.1) is 0 Å². The molecule has 0 saturated carbocycles. The van der Waals surface area contributed by atoms with Gasteiger partial charge in [0.15, 0.2) is 0 Å². The number of anilines is 1. The summed E-state index contributed by atoms with van der Waals surface area (Å²) in [6, 6.07) is 8.65. The molecule has 2 rings (SSSR count). The van der Waals surface area contributed by atoms with Crippen molar-refractivity contribution in [3.63, 3.8) is 0 Å². The molecule has 0 aliphatic heterocycles. The van der Waals surface area contributed by atoms with Gasteiger partial charge in [-0.25, -0.2) is 13.2 Å². The van der Waals surface area contributed by atoms with Gasteiger partial charge >= 0.3 is 5.97 Å². The number of hydrogen-bond acceptors (Lipinski definition) is 4. The van der Waals surface area contributed by atoms with E-state index in [1.807, 2.05) is 0 Å². The fraction of sp³-hybridized carbons (Fsp3) is 0. The molecule has 0 aliphatic carbocycles. The minimum atomic E-state index is -3.78. The van der Waals surface area contributed by atoms with Gasteiger partial charge in [-0.3, -0.25) is 4.72 Å². The Morgan fingerprint density at radius 2 is 1.79 bits per heavy atom. The van der Waals surface area contributed by atoms with E-state index in [4.69, 9.17) is 16.7 Å². The molecule has 8 heteroatoms. The van der Waals surface area contributed by atoms with Crippen molar-refractivity contribution in [2.75, 3.05) is 4.72 Å². The topological polar surface area (TPSA) is 83.5 Å². The highest BCUT2D eigenvalue weighted by Gasteiger charge is 2.18. The van der Waals surface area contributed by atoms with Crippen LogP contribution in [0.25, 0.3) is 0 Å². The Kier molecular flexibility index (Phi) is 3.79. The summed E-state index contributed by atoms with van der Waals surface area (Å²) in [4.78, 5) is 10.7. The Morgan fingerprint density at radius 3 is 2.32 bits per heavy atom. The maximum absolute atomic E-state index is 12.0. The number of carboxylic acids is 1. The van der Waals surface area contributed by atoms with Crippen LogP contribution in [0.2, 0.25) is 5.02 Å². The predicted octanol–water partition coefficient (Wildman–Crippen LogP) is 2.90. The fourth-order valence-electron chi connectivity index (χ4n) is 1.30. The molecule has 0 atom stereocenters. The molecule has 0 amide bonds. The van der Waals surface area contributed by atoms with Crippen LogP contribution < -0.4 is 4.72 Å². The average Bonchev–Trinajstić information content (AvgIpc) is 2.82. The Labute approximate surface area is 118 Å². The highest BCUT2D eigenvalue weighted by molar-refractivity contribution is 7.94. The number of benzene rings is 1. The Balaban J connectivity index is 2.26. The zero-order chi connectivity index (χ0) is 14.0. The van der Waals surface area contributed by atoms with Crippen LogP contribution in [0.1, 0.15) is 9.67 Å². The van der Waals surface area contributed by atoms with Crippen molar-refractivity contribution in [3.8, 4) is 0 Å². The molecule has 0 spiro atoms. The smallest absolute Gasteiger partial charge is 0.345 e. The van der Waals surface area contributed by atoms with Gasteiger partial charge in [-0.15, -0.1) is 11.3 Å². The molecule has 1 heterocycles. The summed E-state index contributed by atoms with van der Waals surface area (Å²) in [5.41, 5.74) is 0.356. The van der Waals surface area contributed by atoms with Gasteiger partial charge in [0.2, 0.25) is 0 Å². The second-order valence-corrected chi connectivity index (χ2v) is 6.97. The highest BCUT2D eigenvalue weighted by Crippen LogP contribution is 2.24. The standard InChI is InChI=1S/C11H8ClNO4S2/c12-7-1-3-8(4-2-7)13-19(16,17)10-6-5-9(18-10)11(14)15/h1-6,13H,(H,14,15). The number of thiophene rings is 1. The van der Waals surface area contributed by atoms with E-state index in [9.17, 15) is 13.2 Å². The van der Waals surface area contributed by atoms with E-state index in [1.54, 1.807) is 12.1 Å². The van der Waals surface area contributed by atoms with Crippen molar-refractivity contribution < 1.29 is 18.3 Å². The molecule has 1 aromatic heterocycles. The largest absolute Gasteiger partial charge is 0.477 e. The molecular formula is C11H8ClNO4S2. The Hall–Kier alpha value is -1.57. The number of rotatable bonds is 4. The van der Waals surface area contributed by atoms with Gasteiger partial charge in [-0.1, -0.05) is 11.6 Å². The third-order valence-corrected chi connectivity index (χ3v) is 5.35. The van der Waals surface area contributed by atoms with Crippen molar-refractivity contribution in [2.24, 2.45) is 0 Å². The first kappa shape index (κ1) is 13.9. The summed E-state index contributed by atoms with van der Waals surface area (Å²) >= 11 is 6.39. The third-order valence-electron chi connectivity index (χ3n) is 2.15. The number of carbonyl (C=O) groups is 1. The van der Waals surface area contributed by atoms with E-state index >= 15 is 0 Å². The van der Waals surface area contributed by atoms with Crippen LogP contribution in [-0.4, -0.2) is 19.5 Å². The first-order chi connectivity index (χ1) is 8.88. The molecule has 1 aromatic carbocycles. The zero-order valence-corrected chi connectivity index (χ0v) is 11.7. The molecule has 19 heavy (non-hydrogen) atoms. The summed E-state index contributed by atoms with van der Waals surface area (Å²) in [7, 11) is -3.78.